The van der Waals surface area contributed by atoms with E-state index < -0.39 is 10.0 Å². The molecular formula is C18H18Cl2N4O3S2. The van der Waals surface area contributed by atoms with E-state index in [1.165, 1.54) is 33.8 Å². The van der Waals surface area contributed by atoms with Gasteiger partial charge < -0.3 is 4.90 Å². The van der Waals surface area contributed by atoms with Crippen LogP contribution in [-0.2, 0) is 17.1 Å². The number of carbonyl (C=O) groups excluding carboxylic acids is 1. The van der Waals surface area contributed by atoms with E-state index in [4.69, 9.17) is 23.2 Å². The lowest BCUT2D eigenvalue weighted by atomic mass is 10.3. The molecule has 1 aliphatic rings. The molecule has 0 saturated carbocycles. The van der Waals surface area contributed by atoms with Crippen LogP contribution < -0.4 is 0 Å². The Bertz CT molecular complexity index is 1180. The van der Waals surface area contributed by atoms with Crippen molar-refractivity contribution in [3.05, 3.63) is 44.9 Å². The van der Waals surface area contributed by atoms with Gasteiger partial charge in [-0.2, -0.15) is 9.40 Å². The number of fused-ring (bicyclic) bond motifs is 1. The van der Waals surface area contributed by atoms with E-state index in [0.29, 0.717) is 23.0 Å². The standard InChI is InChI=1S/C18H18Cl2N4O3S2/c1-11-13-10-16(28-18(13)22(2)21-11)17(25)23-5-7-24(8-6-23)29(26,27)12-3-4-14(19)15(20)9-12/h3-4,9-10H,5-8H2,1-2H3. The Morgan fingerprint density at radius 3 is 2.41 bits per heavy atom. The van der Waals surface area contributed by atoms with Crippen molar-refractivity contribution in [3.8, 4) is 0 Å². The van der Waals surface area contributed by atoms with Gasteiger partial charge in [-0.05, 0) is 31.2 Å². The first kappa shape index (κ1) is 20.6. The first-order chi connectivity index (χ1) is 13.7. The number of thiophene rings is 1. The number of amides is 1. The molecule has 7 nitrogen and oxygen atoms in total. The topological polar surface area (TPSA) is 75.5 Å². The molecule has 0 N–H and O–H groups in total. The summed E-state index contributed by atoms with van der Waals surface area (Å²) in [5.41, 5.74) is 0.885. The monoisotopic (exact) mass is 472 g/mol. The lowest BCUT2D eigenvalue weighted by Gasteiger charge is -2.33. The highest BCUT2D eigenvalue weighted by Gasteiger charge is 2.31. The third-order valence-corrected chi connectivity index (χ3v) is 8.79. The SMILES string of the molecule is Cc1nn(C)c2sc(C(=O)N3CCN(S(=O)(=O)c4ccc(Cl)c(Cl)c4)CC3)cc12. The third-order valence-electron chi connectivity index (χ3n) is 4.96. The lowest BCUT2D eigenvalue weighted by molar-refractivity contribution is 0.0703. The normalized spacial score (nSPS) is 15.9. The molecule has 0 bridgehead atoms. The molecule has 0 unspecified atom stereocenters. The van der Waals surface area contributed by atoms with E-state index in [0.717, 1.165) is 15.9 Å². The molecule has 4 rings (SSSR count). The van der Waals surface area contributed by atoms with Crippen molar-refractivity contribution >= 4 is 60.7 Å². The summed E-state index contributed by atoms with van der Waals surface area (Å²) in [5, 5.41) is 5.82. The zero-order valence-electron chi connectivity index (χ0n) is 15.7. The van der Waals surface area contributed by atoms with Crippen LogP contribution in [-0.4, -0.2) is 59.5 Å². The molecule has 0 aliphatic carbocycles. The summed E-state index contributed by atoms with van der Waals surface area (Å²) in [6.45, 7) is 3.01. The molecule has 0 atom stereocenters. The summed E-state index contributed by atoms with van der Waals surface area (Å²) in [7, 11) is -1.84. The number of aryl methyl sites for hydroxylation is 2. The Balaban J connectivity index is 1.48. The summed E-state index contributed by atoms with van der Waals surface area (Å²) in [6.07, 6.45) is 0. The number of rotatable bonds is 3. The average Bonchev–Trinajstić information content (AvgIpc) is 3.25. The van der Waals surface area contributed by atoms with Gasteiger partial charge in [-0.15, -0.1) is 11.3 Å². The molecule has 154 valence electrons. The van der Waals surface area contributed by atoms with Crippen LogP contribution in [0.2, 0.25) is 10.0 Å². The van der Waals surface area contributed by atoms with Gasteiger partial charge in [-0.3, -0.25) is 9.48 Å². The molecule has 3 aromatic rings. The second kappa shape index (κ2) is 7.55. The van der Waals surface area contributed by atoms with Gasteiger partial charge in [-0.1, -0.05) is 23.2 Å². The van der Waals surface area contributed by atoms with E-state index in [-0.39, 0.29) is 28.9 Å². The minimum Gasteiger partial charge on any atom is -0.335 e. The van der Waals surface area contributed by atoms with Crippen LogP contribution in [0.1, 0.15) is 15.4 Å². The van der Waals surface area contributed by atoms with Crippen molar-refractivity contribution < 1.29 is 13.2 Å². The van der Waals surface area contributed by atoms with E-state index in [1.807, 2.05) is 20.0 Å². The molecule has 1 fully saturated rings. The number of hydrogen-bond acceptors (Lipinski definition) is 5. The fourth-order valence-electron chi connectivity index (χ4n) is 3.38. The fraction of sp³-hybridized carbons (Fsp3) is 0.333. The highest BCUT2D eigenvalue weighted by Crippen LogP contribution is 2.30. The summed E-state index contributed by atoms with van der Waals surface area (Å²) < 4.78 is 28.9. The Morgan fingerprint density at radius 2 is 1.79 bits per heavy atom. The van der Waals surface area contributed by atoms with E-state index in [9.17, 15) is 13.2 Å². The van der Waals surface area contributed by atoms with Crippen molar-refractivity contribution in [3.63, 3.8) is 0 Å². The highest BCUT2D eigenvalue weighted by molar-refractivity contribution is 7.89. The van der Waals surface area contributed by atoms with Gasteiger partial charge in [0.2, 0.25) is 10.0 Å². The molecular weight excluding hydrogens is 455 g/mol. The van der Waals surface area contributed by atoms with Crippen molar-refractivity contribution in [2.45, 2.75) is 11.8 Å². The predicted molar refractivity (Wildman–Crippen MR) is 114 cm³/mol. The molecule has 1 aliphatic heterocycles. The quantitative estimate of drug-likeness (QED) is 0.585. The lowest BCUT2D eigenvalue weighted by Crippen LogP contribution is -2.50. The second-order valence-corrected chi connectivity index (χ2v) is 10.6. The van der Waals surface area contributed by atoms with Gasteiger partial charge in [0, 0.05) is 38.6 Å². The summed E-state index contributed by atoms with van der Waals surface area (Å²) in [4.78, 5) is 16.3. The van der Waals surface area contributed by atoms with Gasteiger partial charge in [0.25, 0.3) is 5.91 Å². The number of piperazine rings is 1. The number of benzene rings is 1. The number of halogens is 2. The number of hydrogen-bond donors (Lipinski definition) is 0. The summed E-state index contributed by atoms with van der Waals surface area (Å²) >= 11 is 13.2. The maximum Gasteiger partial charge on any atom is 0.264 e. The highest BCUT2D eigenvalue weighted by atomic mass is 35.5. The summed E-state index contributed by atoms with van der Waals surface area (Å²) in [6, 6.07) is 6.12. The van der Waals surface area contributed by atoms with Crippen molar-refractivity contribution in [1.82, 2.24) is 19.0 Å². The van der Waals surface area contributed by atoms with Crippen molar-refractivity contribution in [1.29, 1.82) is 0 Å². The molecule has 0 spiro atoms. The Kier molecular flexibility index (Phi) is 5.37. The van der Waals surface area contributed by atoms with E-state index in [2.05, 4.69) is 5.10 Å². The van der Waals surface area contributed by atoms with Crippen LogP contribution in [0.15, 0.2) is 29.2 Å². The minimum atomic E-state index is -3.69. The molecule has 11 heteroatoms. The largest absolute Gasteiger partial charge is 0.335 e. The van der Waals surface area contributed by atoms with Crippen LogP contribution in [0.4, 0.5) is 0 Å². The van der Waals surface area contributed by atoms with Gasteiger partial charge >= 0.3 is 0 Å². The zero-order valence-corrected chi connectivity index (χ0v) is 18.9. The van der Waals surface area contributed by atoms with Crippen LogP contribution in [0.3, 0.4) is 0 Å². The van der Waals surface area contributed by atoms with Crippen LogP contribution >= 0.6 is 34.5 Å². The van der Waals surface area contributed by atoms with Gasteiger partial charge in [0.1, 0.15) is 4.83 Å². The van der Waals surface area contributed by atoms with Gasteiger partial charge in [-0.25, -0.2) is 8.42 Å². The van der Waals surface area contributed by atoms with E-state index >= 15 is 0 Å². The Hall–Kier alpha value is -1.65. The van der Waals surface area contributed by atoms with Gasteiger partial charge in [0.05, 0.1) is 25.5 Å². The third kappa shape index (κ3) is 3.66. The second-order valence-electron chi connectivity index (χ2n) is 6.81. The number of sulfonamides is 1. The smallest absolute Gasteiger partial charge is 0.264 e. The molecule has 3 heterocycles. The summed E-state index contributed by atoms with van der Waals surface area (Å²) in [5.74, 6) is -0.0859. The Labute approximate surface area is 182 Å². The first-order valence-corrected chi connectivity index (χ1v) is 11.9. The number of aromatic nitrogens is 2. The predicted octanol–water partition coefficient (Wildman–Crippen LogP) is 3.40. The van der Waals surface area contributed by atoms with Crippen molar-refractivity contribution in [2.75, 3.05) is 26.2 Å². The molecule has 1 aromatic carbocycles. The zero-order chi connectivity index (χ0) is 20.9. The maximum absolute atomic E-state index is 12.9. The van der Waals surface area contributed by atoms with Crippen LogP contribution in [0, 0.1) is 6.92 Å². The minimum absolute atomic E-state index is 0.0859. The Morgan fingerprint density at radius 1 is 1.10 bits per heavy atom. The average molecular weight is 473 g/mol. The molecule has 2 aromatic heterocycles. The van der Waals surface area contributed by atoms with E-state index in [1.54, 1.807) is 9.58 Å². The molecule has 1 saturated heterocycles. The first-order valence-electron chi connectivity index (χ1n) is 8.86. The fourth-order valence-corrected chi connectivity index (χ4v) is 6.29. The maximum atomic E-state index is 12.9. The van der Waals surface area contributed by atoms with Crippen LogP contribution in [0.5, 0.6) is 0 Å². The molecule has 0 radical (unpaired) electrons. The molecule has 29 heavy (non-hydrogen) atoms. The number of carbonyl (C=O) groups is 1. The number of nitrogens with zero attached hydrogens (tertiary/aromatic N) is 4. The van der Waals surface area contributed by atoms with Crippen LogP contribution in [0.25, 0.3) is 10.2 Å². The van der Waals surface area contributed by atoms with Crippen molar-refractivity contribution in [2.24, 2.45) is 7.05 Å². The molecule has 1 amide bonds. The van der Waals surface area contributed by atoms with Gasteiger partial charge in [0.15, 0.2) is 0 Å².